The van der Waals surface area contributed by atoms with Gasteiger partial charge in [0.25, 0.3) is 0 Å². The van der Waals surface area contributed by atoms with E-state index in [-0.39, 0.29) is 0 Å². The Balaban J connectivity index is 1.83. The van der Waals surface area contributed by atoms with Crippen LogP contribution < -0.4 is 0 Å². The van der Waals surface area contributed by atoms with Crippen molar-refractivity contribution >= 4 is 0 Å². The summed E-state index contributed by atoms with van der Waals surface area (Å²) in [6.45, 7) is 3.73. The summed E-state index contributed by atoms with van der Waals surface area (Å²) in [5.41, 5.74) is 3.33. The van der Waals surface area contributed by atoms with Gasteiger partial charge in [-0.2, -0.15) is 0 Å². The molecule has 2 aromatic rings. The fourth-order valence-electron chi connectivity index (χ4n) is 2.23. The zero-order chi connectivity index (χ0) is 13.7. The molecule has 102 valence electrons. The highest BCUT2D eigenvalue weighted by atomic mass is 16.3. The lowest BCUT2D eigenvalue weighted by Crippen LogP contribution is -2.20. The second-order valence-corrected chi connectivity index (χ2v) is 5.03. The molecule has 1 heterocycles. The van der Waals surface area contributed by atoms with Crippen LogP contribution in [0.4, 0.5) is 0 Å². The van der Waals surface area contributed by atoms with Crippen LogP contribution in [0.5, 0.6) is 0 Å². The highest BCUT2D eigenvalue weighted by Crippen LogP contribution is 2.20. The molecule has 0 aliphatic rings. The van der Waals surface area contributed by atoms with Crippen LogP contribution in [0.25, 0.3) is 0 Å². The van der Waals surface area contributed by atoms with E-state index in [4.69, 9.17) is 4.42 Å². The molecule has 1 aromatic carbocycles. The molecule has 0 radical (unpaired) electrons. The molecule has 1 aromatic heterocycles. The van der Waals surface area contributed by atoms with E-state index >= 15 is 0 Å². The van der Waals surface area contributed by atoms with E-state index in [1.165, 1.54) is 0 Å². The zero-order valence-corrected chi connectivity index (χ0v) is 11.5. The molecule has 0 fully saturated rings. The lowest BCUT2D eigenvalue weighted by atomic mass is 10.0. The van der Waals surface area contributed by atoms with Crippen LogP contribution in [0.1, 0.15) is 29.2 Å². The van der Waals surface area contributed by atoms with Gasteiger partial charge in [0.1, 0.15) is 0 Å². The van der Waals surface area contributed by atoms with Gasteiger partial charge < -0.3 is 14.4 Å². The van der Waals surface area contributed by atoms with Gasteiger partial charge in [-0.1, -0.05) is 24.3 Å². The average molecular weight is 259 g/mol. The molecule has 0 spiro atoms. The molecule has 3 heteroatoms. The molecule has 0 bridgehead atoms. The predicted octanol–water partition coefficient (Wildman–Crippen LogP) is 3.14. The van der Waals surface area contributed by atoms with Crippen molar-refractivity contribution in [1.82, 2.24) is 4.90 Å². The normalized spacial score (nSPS) is 12.8. The Morgan fingerprint density at radius 3 is 2.74 bits per heavy atom. The van der Waals surface area contributed by atoms with Crippen LogP contribution in [0, 0.1) is 6.92 Å². The SMILES string of the molecule is Cc1ccccc1C(O)CCN(C)Cc1ccoc1. The second kappa shape index (κ2) is 6.55. The second-order valence-electron chi connectivity index (χ2n) is 5.03. The van der Waals surface area contributed by atoms with Gasteiger partial charge in [0.2, 0.25) is 0 Å². The summed E-state index contributed by atoms with van der Waals surface area (Å²) in [5, 5.41) is 10.2. The number of rotatable bonds is 6. The van der Waals surface area contributed by atoms with E-state index in [0.717, 1.165) is 36.2 Å². The Hall–Kier alpha value is -1.58. The van der Waals surface area contributed by atoms with Crippen molar-refractivity contribution in [3.63, 3.8) is 0 Å². The zero-order valence-electron chi connectivity index (χ0n) is 11.5. The maximum Gasteiger partial charge on any atom is 0.0947 e. The number of hydrogen-bond donors (Lipinski definition) is 1. The summed E-state index contributed by atoms with van der Waals surface area (Å²) in [7, 11) is 2.05. The minimum absolute atomic E-state index is 0.395. The first kappa shape index (κ1) is 13.8. The average Bonchev–Trinajstić information content (AvgIpc) is 2.89. The molecule has 1 N–H and O–H groups in total. The first-order chi connectivity index (χ1) is 9.16. The van der Waals surface area contributed by atoms with E-state index in [2.05, 4.69) is 11.9 Å². The Labute approximate surface area is 114 Å². The van der Waals surface area contributed by atoms with Crippen LogP contribution >= 0.6 is 0 Å². The van der Waals surface area contributed by atoms with Crippen molar-refractivity contribution in [2.24, 2.45) is 0 Å². The maximum absolute atomic E-state index is 10.2. The fourth-order valence-corrected chi connectivity index (χ4v) is 2.23. The van der Waals surface area contributed by atoms with E-state index < -0.39 is 6.10 Å². The van der Waals surface area contributed by atoms with Gasteiger partial charge in [-0.05, 0) is 37.6 Å². The van der Waals surface area contributed by atoms with Crippen LogP contribution in [-0.4, -0.2) is 23.6 Å². The number of aliphatic hydroxyl groups is 1. The van der Waals surface area contributed by atoms with Gasteiger partial charge in [0.15, 0.2) is 0 Å². The number of benzene rings is 1. The van der Waals surface area contributed by atoms with Crippen molar-refractivity contribution in [3.05, 3.63) is 59.5 Å². The van der Waals surface area contributed by atoms with Crippen molar-refractivity contribution in [1.29, 1.82) is 0 Å². The summed E-state index contributed by atoms with van der Waals surface area (Å²) in [5.74, 6) is 0. The maximum atomic E-state index is 10.2. The van der Waals surface area contributed by atoms with Crippen molar-refractivity contribution < 1.29 is 9.52 Å². The molecule has 3 nitrogen and oxygen atoms in total. The van der Waals surface area contributed by atoms with Gasteiger partial charge in [0, 0.05) is 18.7 Å². The predicted molar refractivity (Wildman–Crippen MR) is 75.8 cm³/mol. The third-order valence-corrected chi connectivity index (χ3v) is 3.36. The highest BCUT2D eigenvalue weighted by molar-refractivity contribution is 5.27. The molecular formula is C16H21NO2. The summed E-state index contributed by atoms with van der Waals surface area (Å²) >= 11 is 0. The fraction of sp³-hybridized carbons (Fsp3) is 0.375. The van der Waals surface area contributed by atoms with E-state index in [1.54, 1.807) is 12.5 Å². The molecular weight excluding hydrogens is 238 g/mol. The smallest absolute Gasteiger partial charge is 0.0947 e. The lowest BCUT2D eigenvalue weighted by Gasteiger charge is -2.19. The molecule has 0 aliphatic carbocycles. The molecule has 0 amide bonds. The lowest BCUT2D eigenvalue weighted by molar-refractivity contribution is 0.147. The summed E-state index contributed by atoms with van der Waals surface area (Å²) in [6, 6.07) is 9.97. The van der Waals surface area contributed by atoms with Gasteiger partial charge in [-0.3, -0.25) is 0 Å². The Kier molecular flexibility index (Phi) is 4.77. The monoisotopic (exact) mass is 259 g/mol. The highest BCUT2D eigenvalue weighted by Gasteiger charge is 2.11. The molecule has 2 rings (SSSR count). The topological polar surface area (TPSA) is 36.6 Å². The van der Waals surface area contributed by atoms with Crippen LogP contribution in [0.3, 0.4) is 0 Å². The minimum Gasteiger partial charge on any atom is -0.472 e. The van der Waals surface area contributed by atoms with Crippen molar-refractivity contribution in [2.45, 2.75) is 26.0 Å². The minimum atomic E-state index is -0.395. The van der Waals surface area contributed by atoms with Crippen molar-refractivity contribution in [3.8, 4) is 0 Å². The molecule has 0 aliphatic heterocycles. The van der Waals surface area contributed by atoms with E-state index in [1.807, 2.05) is 37.3 Å². The first-order valence-corrected chi connectivity index (χ1v) is 6.60. The standard InChI is InChI=1S/C16H21NO2/c1-13-5-3-4-6-15(13)16(18)7-9-17(2)11-14-8-10-19-12-14/h3-6,8,10,12,16,18H,7,9,11H2,1-2H3. The van der Waals surface area contributed by atoms with Gasteiger partial charge in [-0.15, -0.1) is 0 Å². The number of aryl methyl sites for hydroxylation is 1. The summed E-state index contributed by atoms with van der Waals surface area (Å²) in [4.78, 5) is 2.19. The molecule has 1 unspecified atom stereocenters. The molecule has 1 atom stereocenters. The van der Waals surface area contributed by atoms with E-state index in [9.17, 15) is 5.11 Å². The molecule has 19 heavy (non-hydrogen) atoms. The van der Waals surface area contributed by atoms with Crippen LogP contribution in [-0.2, 0) is 6.54 Å². The Morgan fingerprint density at radius 2 is 2.05 bits per heavy atom. The van der Waals surface area contributed by atoms with Crippen LogP contribution in [0.2, 0.25) is 0 Å². The summed E-state index contributed by atoms with van der Waals surface area (Å²) in [6.07, 6.45) is 3.78. The Morgan fingerprint density at radius 1 is 1.26 bits per heavy atom. The number of aliphatic hydroxyl groups excluding tert-OH is 1. The quantitative estimate of drug-likeness (QED) is 0.865. The van der Waals surface area contributed by atoms with Crippen molar-refractivity contribution in [2.75, 3.05) is 13.6 Å². The number of nitrogens with zero attached hydrogens (tertiary/aromatic N) is 1. The molecule has 0 saturated carbocycles. The van der Waals surface area contributed by atoms with Crippen LogP contribution in [0.15, 0.2) is 47.3 Å². The third-order valence-electron chi connectivity index (χ3n) is 3.36. The first-order valence-electron chi connectivity index (χ1n) is 6.60. The van der Waals surface area contributed by atoms with Gasteiger partial charge in [0.05, 0.1) is 18.6 Å². The van der Waals surface area contributed by atoms with Gasteiger partial charge >= 0.3 is 0 Å². The summed E-state index contributed by atoms with van der Waals surface area (Å²) < 4.78 is 5.05. The number of furan rings is 1. The molecule has 0 saturated heterocycles. The number of hydrogen-bond acceptors (Lipinski definition) is 3. The third kappa shape index (κ3) is 3.94. The van der Waals surface area contributed by atoms with Gasteiger partial charge in [-0.25, -0.2) is 0 Å². The van der Waals surface area contributed by atoms with E-state index in [0.29, 0.717) is 0 Å². The Bertz CT molecular complexity index is 493. The largest absolute Gasteiger partial charge is 0.472 e.